The largest absolute Gasteiger partial charge is 0.392 e. The van der Waals surface area contributed by atoms with E-state index in [1.54, 1.807) is 0 Å². The molecule has 0 aliphatic heterocycles. The molecule has 1 saturated carbocycles. The molecule has 2 aromatic carbocycles. The lowest BCUT2D eigenvalue weighted by molar-refractivity contribution is 0.281. The smallest absolute Gasteiger partial charge is 0.0690 e. The van der Waals surface area contributed by atoms with E-state index in [1.807, 2.05) is 18.2 Å². The van der Waals surface area contributed by atoms with Crippen molar-refractivity contribution in [3.63, 3.8) is 0 Å². The van der Waals surface area contributed by atoms with Crippen molar-refractivity contribution in [2.24, 2.45) is 0 Å². The zero-order valence-electron chi connectivity index (χ0n) is 9.76. The summed E-state index contributed by atoms with van der Waals surface area (Å²) in [5, 5.41) is 9.64. The maximum Gasteiger partial charge on any atom is 0.0690 e. The van der Waals surface area contributed by atoms with Crippen LogP contribution in [0.3, 0.4) is 0 Å². The second kappa shape index (κ2) is 4.34. The molecule has 1 aliphatic rings. The first-order valence-electron chi connectivity index (χ1n) is 6.18. The summed E-state index contributed by atoms with van der Waals surface area (Å²) in [6.45, 7) is 0.136. The molecular formula is C16H16O. The normalized spacial score (nSPS) is 14.9. The van der Waals surface area contributed by atoms with Crippen LogP contribution in [-0.2, 0) is 6.61 Å². The van der Waals surface area contributed by atoms with Gasteiger partial charge < -0.3 is 5.11 Å². The second-order valence-electron chi connectivity index (χ2n) is 4.67. The SMILES string of the molecule is OCc1c(-c2ccccc2)cccc1C1CC1. The van der Waals surface area contributed by atoms with Crippen molar-refractivity contribution in [1.82, 2.24) is 0 Å². The minimum atomic E-state index is 0.136. The molecule has 0 radical (unpaired) electrons. The van der Waals surface area contributed by atoms with Gasteiger partial charge in [0.25, 0.3) is 0 Å². The molecule has 2 aromatic rings. The maximum absolute atomic E-state index is 9.64. The van der Waals surface area contributed by atoms with Crippen LogP contribution in [0.2, 0.25) is 0 Å². The first kappa shape index (κ1) is 10.5. The summed E-state index contributed by atoms with van der Waals surface area (Å²) >= 11 is 0. The van der Waals surface area contributed by atoms with Crippen LogP contribution in [0.15, 0.2) is 48.5 Å². The first-order valence-corrected chi connectivity index (χ1v) is 6.18. The molecule has 1 fully saturated rings. The van der Waals surface area contributed by atoms with Gasteiger partial charge in [0.2, 0.25) is 0 Å². The molecule has 0 amide bonds. The molecular weight excluding hydrogens is 208 g/mol. The molecule has 86 valence electrons. The quantitative estimate of drug-likeness (QED) is 0.842. The number of hydrogen-bond donors (Lipinski definition) is 1. The Morgan fingerprint density at radius 2 is 1.71 bits per heavy atom. The lowest BCUT2D eigenvalue weighted by Gasteiger charge is -2.12. The Labute approximate surface area is 102 Å². The molecule has 0 heterocycles. The summed E-state index contributed by atoms with van der Waals surface area (Å²) in [5.41, 5.74) is 4.83. The van der Waals surface area contributed by atoms with Crippen LogP contribution in [0.4, 0.5) is 0 Å². The minimum absolute atomic E-state index is 0.136. The van der Waals surface area contributed by atoms with Gasteiger partial charge in [-0.3, -0.25) is 0 Å². The van der Waals surface area contributed by atoms with E-state index >= 15 is 0 Å². The van der Waals surface area contributed by atoms with Crippen LogP contribution in [0.1, 0.15) is 29.9 Å². The second-order valence-corrected chi connectivity index (χ2v) is 4.67. The number of aliphatic hydroxyl groups is 1. The van der Waals surface area contributed by atoms with E-state index in [0.29, 0.717) is 5.92 Å². The average molecular weight is 224 g/mol. The van der Waals surface area contributed by atoms with Crippen molar-refractivity contribution in [3.8, 4) is 11.1 Å². The summed E-state index contributed by atoms with van der Waals surface area (Å²) in [6.07, 6.45) is 2.54. The van der Waals surface area contributed by atoms with Gasteiger partial charge in [0.1, 0.15) is 0 Å². The molecule has 1 aliphatic carbocycles. The van der Waals surface area contributed by atoms with Crippen molar-refractivity contribution in [3.05, 3.63) is 59.7 Å². The predicted octanol–water partition coefficient (Wildman–Crippen LogP) is 3.72. The molecule has 1 nitrogen and oxygen atoms in total. The fraction of sp³-hybridized carbons (Fsp3) is 0.250. The van der Waals surface area contributed by atoms with Gasteiger partial charge in [0.15, 0.2) is 0 Å². The average Bonchev–Trinajstić information content (AvgIpc) is 3.23. The van der Waals surface area contributed by atoms with E-state index in [-0.39, 0.29) is 6.61 Å². The highest BCUT2D eigenvalue weighted by Crippen LogP contribution is 2.43. The van der Waals surface area contributed by atoms with Crippen molar-refractivity contribution < 1.29 is 5.11 Å². The molecule has 0 bridgehead atoms. The molecule has 1 heteroatoms. The van der Waals surface area contributed by atoms with E-state index in [2.05, 4.69) is 30.3 Å². The Bertz CT molecular complexity index is 512. The van der Waals surface area contributed by atoms with Crippen molar-refractivity contribution in [2.75, 3.05) is 0 Å². The summed E-state index contributed by atoms with van der Waals surface area (Å²) in [4.78, 5) is 0. The Morgan fingerprint density at radius 1 is 0.941 bits per heavy atom. The number of aliphatic hydroxyl groups excluding tert-OH is 1. The van der Waals surface area contributed by atoms with E-state index in [9.17, 15) is 5.11 Å². The van der Waals surface area contributed by atoms with Crippen LogP contribution in [0.5, 0.6) is 0 Å². The Balaban J connectivity index is 2.13. The zero-order valence-corrected chi connectivity index (χ0v) is 9.76. The Hall–Kier alpha value is -1.60. The summed E-state index contributed by atoms with van der Waals surface area (Å²) in [5.74, 6) is 0.681. The van der Waals surface area contributed by atoms with Gasteiger partial charge >= 0.3 is 0 Å². The fourth-order valence-corrected chi connectivity index (χ4v) is 2.45. The van der Waals surface area contributed by atoms with Crippen LogP contribution >= 0.6 is 0 Å². The monoisotopic (exact) mass is 224 g/mol. The standard InChI is InChI=1S/C16H16O/c17-11-16-14(12-5-2-1-3-6-12)7-4-8-15(16)13-9-10-13/h1-8,13,17H,9-11H2. The minimum Gasteiger partial charge on any atom is -0.392 e. The van der Waals surface area contributed by atoms with E-state index in [0.717, 1.165) is 5.56 Å². The van der Waals surface area contributed by atoms with Gasteiger partial charge in [-0.05, 0) is 41.0 Å². The fourth-order valence-electron chi connectivity index (χ4n) is 2.45. The Kier molecular flexibility index (Phi) is 2.69. The van der Waals surface area contributed by atoms with Crippen LogP contribution < -0.4 is 0 Å². The third-order valence-electron chi connectivity index (χ3n) is 3.47. The number of hydrogen-bond acceptors (Lipinski definition) is 1. The van der Waals surface area contributed by atoms with E-state index in [4.69, 9.17) is 0 Å². The summed E-state index contributed by atoms with van der Waals surface area (Å²) in [7, 11) is 0. The molecule has 3 rings (SSSR count). The van der Waals surface area contributed by atoms with Gasteiger partial charge in [-0.1, -0.05) is 48.5 Å². The van der Waals surface area contributed by atoms with Gasteiger partial charge in [0, 0.05) is 0 Å². The molecule has 0 atom stereocenters. The van der Waals surface area contributed by atoms with Crippen LogP contribution in [-0.4, -0.2) is 5.11 Å². The maximum atomic E-state index is 9.64. The van der Waals surface area contributed by atoms with Crippen LogP contribution in [0.25, 0.3) is 11.1 Å². The lowest BCUT2D eigenvalue weighted by atomic mass is 9.94. The third kappa shape index (κ3) is 1.98. The topological polar surface area (TPSA) is 20.2 Å². The number of rotatable bonds is 3. The molecule has 0 aromatic heterocycles. The highest BCUT2D eigenvalue weighted by atomic mass is 16.3. The highest BCUT2D eigenvalue weighted by Gasteiger charge is 2.26. The lowest BCUT2D eigenvalue weighted by Crippen LogP contribution is -1.95. The molecule has 0 saturated heterocycles. The first-order chi connectivity index (χ1) is 8.40. The Morgan fingerprint density at radius 3 is 2.35 bits per heavy atom. The van der Waals surface area contributed by atoms with Crippen molar-refractivity contribution in [1.29, 1.82) is 0 Å². The molecule has 1 N–H and O–H groups in total. The van der Waals surface area contributed by atoms with Crippen LogP contribution in [0, 0.1) is 0 Å². The summed E-state index contributed by atoms with van der Waals surface area (Å²) in [6, 6.07) is 16.7. The summed E-state index contributed by atoms with van der Waals surface area (Å²) < 4.78 is 0. The highest BCUT2D eigenvalue weighted by molar-refractivity contribution is 5.69. The molecule has 0 spiro atoms. The third-order valence-corrected chi connectivity index (χ3v) is 3.47. The van der Waals surface area contributed by atoms with Gasteiger partial charge in [-0.15, -0.1) is 0 Å². The zero-order chi connectivity index (χ0) is 11.7. The molecule has 17 heavy (non-hydrogen) atoms. The van der Waals surface area contributed by atoms with Crippen molar-refractivity contribution >= 4 is 0 Å². The van der Waals surface area contributed by atoms with Crippen molar-refractivity contribution in [2.45, 2.75) is 25.4 Å². The number of benzene rings is 2. The molecule has 0 unspecified atom stereocenters. The predicted molar refractivity (Wildman–Crippen MR) is 69.8 cm³/mol. The van der Waals surface area contributed by atoms with Gasteiger partial charge in [0.05, 0.1) is 6.61 Å². The van der Waals surface area contributed by atoms with Gasteiger partial charge in [-0.25, -0.2) is 0 Å². The van der Waals surface area contributed by atoms with E-state index < -0.39 is 0 Å². The van der Waals surface area contributed by atoms with Gasteiger partial charge in [-0.2, -0.15) is 0 Å². The van der Waals surface area contributed by atoms with E-state index in [1.165, 1.54) is 29.5 Å².